The van der Waals surface area contributed by atoms with Crippen molar-refractivity contribution in [2.75, 3.05) is 6.54 Å². The number of hydrogen-bond donors (Lipinski definition) is 3. The van der Waals surface area contributed by atoms with Gasteiger partial charge in [-0.3, -0.25) is 4.79 Å². The fraction of sp³-hybridized carbons (Fsp3) is 0.800. The Morgan fingerprint density at radius 2 is 2.10 bits per heavy atom. The summed E-state index contributed by atoms with van der Waals surface area (Å²) in [6.45, 7) is 0.501. The molecule has 54 valence electrons. The van der Waals surface area contributed by atoms with Crippen LogP contribution in [0.2, 0.25) is 0 Å². The van der Waals surface area contributed by atoms with Crippen molar-refractivity contribution >= 4 is 43.7 Å². The molecule has 0 aliphatic heterocycles. The molecule has 5 heteroatoms. The van der Waals surface area contributed by atoms with Crippen LogP contribution in [0.4, 0.5) is 0 Å². The van der Waals surface area contributed by atoms with Crippen molar-refractivity contribution < 1.29 is 9.90 Å². The van der Waals surface area contributed by atoms with Crippen molar-refractivity contribution in [3.05, 3.63) is 0 Å². The van der Waals surface area contributed by atoms with Gasteiger partial charge in [0.25, 0.3) is 0 Å². The molecule has 0 saturated heterocycles. The number of aliphatic carboxylic acids is 1. The Morgan fingerprint density at radius 1 is 1.60 bits per heavy atom. The Labute approximate surface area is 90.0 Å². The molecule has 1 atom stereocenters. The van der Waals surface area contributed by atoms with E-state index in [0.717, 1.165) is 0 Å². The Morgan fingerprint density at radius 3 is 2.40 bits per heavy atom. The third-order valence-corrected chi connectivity index (χ3v) is 1.04. The molecule has 0 aromatic rings. The number of hydrogen-bond acceptors (Lipinski definition) is 3. The molecule has 0 aliphatic carbocycles. The van der Waals surface area contributed by atoms with Crippen LogP contribution in [0.1, 0.15) is 12.8 Å². The fourth-order valence-corrected chi connectivity index (χ4v) is 0.461. The van der Waals surface area contributed by atoms with Gasteiger partial charge in [-0.15, -0.1) is 0 Å². The average Bonchev–Trinajstić information content (AvgIpc) is 1.82. The number of nitrogens with two attached hydrogens (primary N) is 2. The molecule has 1 unspecified atom stereocenters. The molecular formula is C5H12CaN2O2+2. The Bertz CT molecular complexity index is 99.6. The molecule has 0 fully saturated rings. The van der Waals surface area contributed by atoms with Crippen molar-refractivity contribution in [3.8, 4) is 0 Å². The molecule has 0 aromatic carbocycles. The smallest absolute Gasteiger partial charge is 0.480 e. The van der Waals surface area contributed by atoms with Crippen LogP contribution >= 0.6 is 0 Å². The maximum absolute atomic E-state index is 10.0. The number of carboxylic acid groups (broad SMARTS) is 1. The van der Waals surface area contributed by atoms with Gasteiger partial charge in [0.15, 0.2) is 0 Å². The molecule has 0 saturated carbocycles. The zero-order chi connectivity index (χ0) is 7.28. The van der Waals surface area contributed by atoms with Crippen molar-refractivity contribution in [1.29, 1.82) is 0 Å². The zero-order valence-electron chi connectivity index (χ0n) is 5.92. The summed E-state index contributed by atoms with van der Waals surface area (Å²) in [6, 6.07) is -0.742. The first kappa shape index (κ1) is 13.3. The summed E-state index contributed by atoms with van der Waals surface area (Å²) in [6.07, 6.45) is 1.14. The van der Waals surface area contributed by atoms with E-state index in [9.17, 15) is 4.79 Å². The van der Waals surface area contributed by atoms with Crippen LogP contribution in [-0.2, 0) is 4.79 Å². The van der Waals surface area contributed by atoms with Gasteiger partial charge in [0.2, 0.25) is 0 Å². The van der Waals surface area contributed by atoms with Crippen LogP contribution in [0, 0.1) is 0 Å². The first-order chi connectivity index (χ1) is 4.18. The van der Waals surface area contributed by atoms with Gasteiger partial charge < -0.3 is 16.6 Å². The van der Waals surface area contributed by atoms with Gasteiger partial charge in [-0.05, 0) is 19.4 Å². The molecule has 0 radical (unpaired) electrons. The number of carbonyl (C=O) groups is 1. The summed E-state index contributed by atoms with van der Waals surface area (Å²) >= 11 is 0. The minimum Gasteiger partial charge on any atom is -0.480 e. The molecule has 0 rings (SSSR count). The molecule has 0 bridgehead atoms. The van der Waals surface area contributed by atoms with E-state index in [-0.39, 0.29) is 37.7 Å². The van der Waals surface area contributed by atoms with Gasteiger partial charge in [0.1, 0.15) is 6.04 Å². The van der Waals surface area contributed by atoms with Crippen LogP contribution in [-0.4, -0.2) is 61.4 Å². The van der Waals surface area contributed by atoms with E-state index < -0.39 is 12.0 Å². The molecule has 10 heavy (non-hydrogen) atoms. The summed E-state index contributed by atoms with van der Waals surface area (Å²) < 4.78 is 0. The average molecular weight is 172 g/mol. The molecule has 0 heterocycles. The molecule has 0 spiro atoms. The van der Waals surface area contributed by atoms with E-state index in [1.807, 2.05) is 0 Å². The number of carboxylic acids is 1. The quantitative estimate of drug-likeness (QED) is 0.462. The Balaban J connectivity index is 0. The molecule has 0 aromatic heterocycles. The van der Waals surface area contributed by atoms with Crippen molar-refractivity contribution in [3.63, 3.8) is 0 Å². The maximum atomic E-state index is 10.0. The van der Waals surface area contributed by atoms with E-state index in [1.54, 1.807) is 0 Å². The van der Waals surface area contributed by atoms with Crippen molar-refractivity contribution in [2.45, 2.75) is 18.9 Å². The van der Waals surface area contributed by atoms with Gasteiger partial charge in [0.05, 0.1) is 0 Å². The summed E-state index contributed by atoms with van der Waals surface area (Å²) in [4.78, 5) is 10.0. The van der Waals surface area contributed by atoms with Gasteiger partial charge in [0, 0.05) is 0 Å². The summed E-state index contributed by atoms with van der Waals surface area (Å²) in [5.41, 5.74) is 10.3. The number of rotatable bonds is 4. The summed E-state index contributed by atoms with van der Waals surface area (Å²) in [7, 11) is 0. The second-order valence-corrected chi connectivity index (χ2v) is 1.88. The Hall–Kier alpha value is 0.650. The van der Waals surface area contributed by atoms with E-state index in [0.29, 0.717) is 19.4 Å². The van der Waals surface area contributed by atoms with Crippen LogP contribution in [0.5, 0.6) is 0 Å². The first-order valence-electron chi connectivity index (χ1n) is 2.87. The molecular weight excluding hydrogens is 160 g/mol. The van der Waals surface area contributed by atoms with Gasteiger partial charge in [-0.25, -0.2) is 0 Å². The van der Waals surface area contributed by atoms with Gasteiger partial charge in [-0.2, -0.15) is 0 Å². The van der Waals surface area contributed by atoms with Gasteiger partial charge in [-0.1, -0.05) is 0 Å². The predicted molar refractivity (Wildman–Crippen MR) is 39.7 cm³/mol. The van der Waals surface area contributed by atoms with Crippen LogP contribution in [0.3, 0.4) is 0 Å². The summed E-state index contributed by atoms with van der Waals surface area (Å²) in [5.74, 6) is -0.955. The van der Waals surface area contributed by atoms with E-state index in [4.69, 9.17) is 16.6 Å². The maximum Gasteiger partial charge on any atom is 2.00 e. The topological polar surface area (TPSA) is 89.3 Å². The second-order valence-electron chi connectivity index (χ2n) is 1.88. The van der Waals surface area contributed by atoms with Crippen molar-refractivity contribution in [1.82, 2.24) is 0 Å². The van der Waals surface area contributed by atoms with Crippen LogP contribution in [0.25, 0.3) is 0 Å². The van der Waals surface area contributed by atoms with E-state index >= 15 is 0 Å². The van der Waals surface area contributed by atoms with E-state index in [1.165, 1.54) is 0 Å². The largest absolute Gasteiger partial charge is 2.00 e. The third kappa shape index (κ3) is 6.77. The second kappa shape index (κ2) is 7.75. The molecule has 4 nitrogen and oxygen atoms in total. The first-order valence-corrected chi connectivity index (χ1v) is 2.87. The minimum atomic E-state index is -0.955. The third-order valence-electron chi connectivity index (χ3n) is 1.04. The SMILES string of the molecule is NCCCC(N)C(=O)O.[Ca+2]. The predicted octanol–water partition coefficient (Wildman–Crippen LogP) is -1.24. The standard InChI is InChI=1S/C5H12N2O2.Ca/c6-3-1-2-4(7)5(8)9;/h4H,1-3,6-7H2,(H,8,9);/q;+2. The monoisotopic (exact) mass is 172 g/mol. The molecule has 0 aliphatic rings. The molecule has 0 amide bonds. The minimum absolute atomic E-state index is 0. The van der Waals surface area contributed by atoms with Gasteiger partial charge >= 0.3 is 43.7 Å². The van der Waals surface area contributed by atoms with Crippen LogP contribution < -0.4 is 11.5 Å². The van der Waals surface area contributed by atoms with Crippen molar-refractivity contribution in [2.24, 2.45) is 11.5 Å². The fourth-order valence-electron chi connectivity index (χ4n) is 0.461. The van der Waals surface area contributed by atoms with E-state index in [2.05, 4.69) is 0 Å². The summed E-state index contributed by atoms with van der Waals surface area (Å²) in [5, 5.41) is 8.24. The van der Waals surface area contributed by atoms with Crippen LogP contribution in [0.15, 0.2) is 0 Å². The Kier molecular flexibility index (Phi) is 10.3. The molecule has 5 N–H and O–H groups in total. The normalized spacial score (nSPS) is 11.8. The zero-order valence-corrected chi connectivity index (χ0v) is 8.12.